The average Bonchev–Trinajstić information content (AvgIpc) is 2.47. The second-order valence-corrected chi connectivity index (χ2v) is 5.91. The molecule has 1 saturated carbocycles. The van der Waals surface area contributed by atoms with Gasteiger partial charge in [0.25, 0.3) is 5.91 Å². The third-order valence-electron chi connectivity index (χ3n) is 4.45. The lowest BCUT2D eigenvalue weighted by atomic mass is 9.81. The number of amides is 1. The molecule has 1 aromatic heterocycles. The van der Waals surface area contributed by atoms with Gasteiger partial charge in [0, 0.05) is 6.54 Å². The number of anilines is 1. The van der Waals surface area contributed by atoms with Crippen LogP contribution in [0.2, 0.25) is 0 Å². The van der Waals surface area contributed by atoms with Crippen LogP contribution in [0.3, 0.4) is 0 Å². The number of nitrogens with two attached hydrogens (primary N) is 1. The third-order valence-corrected chi connectivity index (χ3v) is 4.45. The van der Waals surface area contributed by atoms with E-state index in [0.717, 1.165) is 18.2 Å². The average molecular weight is 275 g/mol. The third kappa shape index (κ3) is 3.71. The molecule has 20 heavy (non-hydrogen) atoms. The number of rotatable bonds is 4. The standard InChI is InChI=1S/C16H25N3O/c1-3-12-4-6-13(7-5-12)9-19-16(20)15-8-14(17)10-18-11(15)2/h8,10,12-13H,3-7,9,17H2,1-2H3,(H,19,20). The van der Waals surface area contributed by atoms with Gasteiger partial charge in [-0.25, -0.2) is 0 Å². The van der Waals surface area contributed by atoms with Crippen molar-refractivity contribution in [2.24, 2.45) is 11.8 Å². The number of nitrogens with one attached hydrogen (secondary N) is 1. The highest BCUT2D eigenvalue weighted by atomic mass is 16.1. The maximum Gasteiger partial charge on any atom is 0.253 e. The molecule has 1 fully saturated rings. The van der Waals surface area contributed by atoms with Crippen molar-refractivity contribution in [2.75, 3.05) is 12.3 Å². The van der Waals surface area contributed by atoms with E-state index < -0.39 is 0 Å². The van der Waals surface area contributed by atoms with Gasteiger partial charge < -0.3 is 11.1 Å². The first-order valence-corrected chi connectivity index (χ1v) is 7.60. The molecule has 0 aliphatic heterocycles. The van der Waals surface area contributed by atoms with Crippen molar-refractivity contribution < 1.29 is 4.79 Å². The van der Waals surface area contributed by atoms with E-state index >= 15 is 0 Å². The summed E-state index contributed by atoms with van der Waals surface area (Å²) < 4.78 is 0. The number of nitrogens with zero attached hydrogens (tertiary/aromatic N) is 1. The zero-order chi connectivity index (χ0) is 14.5. The molecule has 2 rings (SSSR count). The summed E-state index contributed by atoms with van der Waals surface area (Å²) in [4.78, 5) is 16.3. The van der Waals surface area contributed by atoms with E-state index in [1.54, 1.807) is 12.3 Å². The van der Waals surface area contributed by atoms with Crippen molar-refractivity contribution in [1.82, 2.24) is 10.3 Å². The van der Waals surface area contributed by atoms with Gasteiger partial charge in [0.2, 0.25) is 0 Å². The molecule has 4 nitrogen and oxygen atoms in total. The molecule has 0 radical (unpaired) electrons. The van der Waals surface area contributed by atoms with Gasteiger partial charge in [-0.15, -0.1) is 0 Å². The van der Waals surface area contributed by atoms with E-state index in [4.69, 9.17) is 5.73 Å². The number of carbonyl (C=O) groups is 1. The normalized spacial score (nSPS) is 22.5. The summed E-state index contributed by atoms with van der Waals surface area (Å²) in [7, 11) is 0. The van der Waals surface area contributed by atoms with Crippen LogP contribution in [-0.2, 0) is 0 Å². The van der Waals surface area contributed by atoms with Crippen LogP contribution in [0.25, 0.3) is 0 Å². The molecule has 3 N–H and O–H groups in total. The largest absolute Gasteiger partial charge is 0.397 e. The van der Waals surface area contributed by atoms with Gasteiger partial charge in [0.05, 0.1) is 23.1 Å². The molecule has 4 heteroatoms. The Balaban J connectivity index is 1.85. The highest BCUT2D eigenvalue weighted by Crippen LogP contribution is 2.30. The fourth-order valence-corrected chi connectivity index (χ4v) is 2.96. The van der Waals surface area contributed by atoms with E-state index in [9.17, 15) is 4.79 Å². The minimum absolute atomic E-state index is 0.0556. The van der Waals surface area contributed by atoms with E-state index in [2.05, 4.69) is 17.2 Å². The van der Waals surface area contributed by atoms with E-state index in [1.807, 2.05) is 6.92 Å². The molecule has 1 heterocycles. The lowest BCUT2D eigenvalue weighted by Crippen LogP contribution is -2.31. The first-order valence-electron chi connectivity index (χ1n) is 7.60. The number of hydrogen-bond donors (Lipinski definition) is 2. The summed E-state index contributed by atoms with van der Waals surface area (Å²) >= 11 is 0. The van der Waals surface area contributed by atoms with Crippen molar-refractivity contribution in [3.63, 3.8) is 0 Å². The van der Waals surface area contributed by atoms with Crippen molar-refractivity contribution in [3.8, 4) is 0 Å². The Kier molecular flexibility index (Phi) is 4.99. The van der Waals surface area contributed by atoms with Gasteiger partial charge in [-0.2, -0.15) is 0 Å². The quantitative estimate of drug-likeness (QED) is 0.887. The van der Waals surface area contributed by atoms with Crippen LogP contribution in [0.15, 0.2) is 12.3 Å². The monoisotopic (exact) mass is 275 g/mol. The molecule has 0 unspecified atom stereocenters. The van der Waals surface area contributed by atoms with Gasteiger partial charge in [0.1, 0.15) is 0 Å². The van der Waals surface area contributed by atoms with E-state index in [0.29, 0.717) is 17.2 Å². The maximum absolute atomic E-state index is 12.2. The Labute approximate surface area is 121 Å². The Morgan fingerprint density at radius 3 is 2.65 bits per heavy atom. The van der Waals surface area contributed by atoms with E-state index in [1.165, 1.54) is 32.1 Å². The molecule has 0 atom stereocenters. The lowest BCUT2D eigenvalue weighted by molar-refractivity contribution is 0.0940. The first kappa shape index (κ1) is 14.8. The molecule has 0 spiro atoms. The molecular weight excluding hydrogens is 250 g/mol. The highest BCUT2D eigenvalue weighted by molar-refractivity contribution is 5.95. The van der Waals surface area contributed by atoms with Crippen LogP contribution < -0.4 is 11.1 Å². The molecular formula is C16H25N3O. The van der Waals surface area contributed by atoms with Crippen molar-refractivity contribution >= 4 is 11.6 Å². The van der Waals surface area contributed by atoms with Gasteiger partial charge in [-0.1, -0.05) is 26.2 Å². The lowest BCUT2D eigenvalue weighted by Gasteiger charge is -2.27. The molecule has 0 saturated heterocycles. The zero-order valence-electron chi connectivity index (χ0n) is 12.5. The van der Waals surface area contributed by atoms with Crippen molar-refractivity contribution in [2.45, 2.75) is 46.0 Å². The number of pyridine rings is 1. The Bertz CT molecular complexity index is 465. The fraction of sp³-hybridized carbons (Fsp3) is 0.625. The predicted octanol–water partition coefficient (Wildman–Crippen LogP) is 2.92. The summed E-state index contributed by atoms with van der Waals surface area (Å²) in [6, 6.07) is 1.70. The smallest absolute Gasteiger partial charge is 0.253 e. The summed E-state index contributed by atoms with van der Waals surface area (Å²) in [5.41, 5.74) is 7.54. The highest BCUT2D eigenvalue weighted by Gasteiger charge is 2.20. The van der Waals surface area contributed by atoms with Crippen LogP contribution in [0.5, 0.6) is 0 Å². The molecule has 1 aliphatic rings. The number of aryl methyl sites for hydroxylation is 1. The van der Waals surface area contributed by atoms with Crippen LogP contribution in [0, 0.1) is 18.8 Å². The summed E-state index contributed by atoms with van der Waals surface area (Å²) in [6.45, 7) is 4.87. The molecule has 1 amide bonds. The molecule has 0 bridgehead atoms. The number of hydrogen-bond acceptors (Lipinski definition) is 3. The minimum Gasteiger partial charge on any atom is -0.397 e. The van der Waals surface area contributed by atoms with Gasteiger partial charge in [0.15, 0.2) is 0 Å². The van der Waals surface area contributed by atoms with Gasteiger partial charge in [-0.05, 0) is 37.7 Å². The summed E-state index contributed by atoms with van der Waals surface area (Å²) in [5.74, 6) is 1.46. The Morgan fingerprint density at radius 1 is 1.35 bits per heavy atom. The van der Waals surface area contributed by atoms with Crippen LogP contribution in [0.4, 0.5) is 5.69 Å². The fourth-order valence-electron chi connectivity index (χ4n) is 2.96. The number of aromatic nitrogens is 1. The predicted molar refractivity (Wildman–Crippen MR) is 81.5 cm³/mol. The molecule has 0 aromatic carbocycles. The van der Waals surface area contributed by atoms with Crippen LogP contribution in [0.1, 0.15) is 55.1 Å². The summed E-state index contributed by atoms with van der Waals surface area (Å²) in [5, 5.41) is 3.04. The van der Waals surface area contributed by atoms with Crippen LogP contribution >= 0.6 is 0 Å². The Morgan fingerprint density at radius 2 is 2.00 bits per heavy atom. The van der Waals surface area contributed by atoms with E-state index in [-0.39, 0.29) is 5.91 Å². The SMILES string of the molecule is CCC1CCC(CNC(=O)c2cc(N)cnc2C)CC1. The molecule has 1 aliphatic carbocycles. The minimum atomic E-state index is -0.0556. The van der Waals surface area contributed by atoms with Crippen molar-refractivity contribution in [1.29, 1.82) is 0 Å². The summed E-state index contributed by atoms with van der Waals surface area (Å²) in [6.07, 6.45) is 7.93. The van der Waals surface area contributed by atoms with Crippen LogP contribution in [-0.4, -0.2) is 17.4 Å². The second kappa shape index (κ2) is 6.73. The van der Waals surface area contributed by atoms with Gasteiger partial charge in [-0.3, -0.25) is 9.78 Å². The molecule has 1 aromatic rings. The number of nitrogen functional groups attached to an aromatic ring is 1. The van der Waals surface area contributed by atoms with Crippen molar-refractivity contribution in [3.05, 3.63) is 23.5 Å². The zero-order valence-corrected chi connectivity index (χ0v) is 12.5. The Hall–Kier alpha value is -1.58. The topological polar surface area (TPSA) is 68.0 Å². The first-order chi connectivity index (χ1) is 9.60. The number of carbonyl (C=O) groups excluding carboxylic acids is 1. The second-order valence-electron chi connectivity index (χ2n) is 5.91. The van der Waals surface area contributed by atoms with Gasteiger partial charge >= 0.3 is 0 Å². The maximum atomic E-state index is 12.2. The molecule has 110 valence electrons.